The van der Waals surface area contributed by atoms with Gasteiger partial charge in [-0.3, -0.25) is 14.5 Å². The van der Waals surface area contributed by atoms with Gasteiger partial charge in [-0.15, -0.1) is 24.8 Å². The van der Waals surface area contributed by atoms with Crippen LogP contribution >= 0.6 is 24.8 Å². The molecule has 0 saturated carbocycles. The van der Waals surface area contributed by atoms with Crippen molar-refractivity contribution in [3.8, 4) is 0 Å². The Balaban J connectivity index is 0.00000196. The minimum Gasteiger partial charge on any atom is -0.368 e. The highest BCUT2D eigenvalue weighted by Gasteiger charge is 2.43. The monoisotopic (exact) mass is 432 g/mol. The second kappa shape index (κ2) is 11.6. The second-order valence-corrected chi connectivity index (χ2v) is 6.93. The predicted octanol–water partition coefficient (Wildman–Crippen LogP) is 1.38. The number of methoxy groups -OCH3 is 1. The van der Waals surface area contributed by atoms with Gasteiger partial charge >= 0.3 is 0 Å². The third kappa shape index (κ3) is 6.06. The van der Waals surface area contributed by atoms with Crippen molar-refractivity contribution in [1.82, 2.24) is 15.1 Å². The Kier molecular flexibility index (Phi) is 10.2. The molecule has 0 spiro atoms. The molecule has 0 unspecified atom stereocenters. The lowest BCUT2D eigenvalue weighted by molar-refractivity contribution is -0.160. The molecule has 0 radical (unpaired) electrons. The summed E-state index contributed by atoms with van der Waals surface area (Å²) in [5, 5.41) is 6.18. The molecule has 9 heteroatoms. The van der Waals surface area contributed by atoms with E-state index in [0.29, 0.717) is 45.6 Å². The number of piperazine rings is 1. The van der Waals surface area contributed by atoms with E-state index in [0.717, 1.165) is 18.8 Å². The number of rotatable bonds is 5. The molecule has 0 bridgehead atoms. The summed E-state index contributed by atoms with van der Waals surface area (Å²) in [5.41, 5.74) is 0.122. The van der Waals surface area contributed by atoms with Gasteiger partial charge in [-0.1, -0.05) is 18.2 Å². The van der Waals surface area contributed by atoms with E-state index >= 15 is 0 Å². The number of amides is 2. The van der Waals surface area contributed by atoms with Crippen LogP contribution in [0.15, 0.2) is 30.3 Å². The smallest absolute Gasteiger partial charge is 0.254 e. The molecular formula is C19H30Cl2N4O3. The van der Waals surface area contributed by atoms with Gasteiger partial charge in [0, 0.05) is 39.0 Å². The zero-order valence-electron chi connectivity index (χ0n) is 16.2. The average molecular weight is 433 g/mol. The Morgan fingerprint density at radius 3 is 2.25 bits per heavy atom. The van der Waals surface area contributed by atoms with Crippen LogP contribution in [-0.2, 0) is 14.3 Å². The van der Waals surface area contributed by atoms with Crippen LogP contribution in [-0.4, -0.2) is 80.1 Å². The van der Waals surface area contributed by atoms with Gasteiger partial charge in [-0.25, -0.2) is 0 Å². The molecule has 158 valence electrons. The molecule has 0 aliphatic carbocycles. The molecule has 2 amide bonds. The number of anilines is 1. The van der Waals surface area contributed by atoms with E-state index in [2.05, 4.69) is 15.5 Å². The van der Waals surface area contributed by atoms with E-state index < -0.39 is 5.60 Å². The highest BCUT2D eigenvalue weighted by atomic mass is 35.5. The lowest BCUT2D eigenvalue weighted by Gasteiger charge is -2.42. The maximum Gasteiger partial charge on any atom is 0.254 e. The van der Waals surface area contributed by atoms with Crippen molar-refractivity contribution < 1.29 is 14.3 Å². The van der Waals surface area contributed by atoms with Gasteiger partial charge in [0.2, 0.25) is 5.91 Å². The number of nitrogens with zero attached hydrogens (tertiary/aromatic N) is 2. The third-order valence-electron chi connectivity index (χ3n) is 5.28. The zero-order valence-corrected chi connectivity index (χ0v) is 17.8. The van der Waals surface area contributed by atoms with Crippen molar-refractivity contribution in [3.05, 3.63) is 30.3 Å². The Labute approximate surface area is 179 Å². The molecule has 28 heavy (non-hydrogen) atoms. The largest absolute Gasteiger partial charge is 0.368 e. The number of benzene rings is 1. The molecule has 3 rings (SSSR count). The minimum atomic E-state index is -0.682. The molecule has 1 aromatic carbocycles. The van der Waals surface area contributed by atoms with E-state index in [9.17, 15) is 9.59 Å². The van der Waals surface area contributed by atoms with E-state index in [4.69, 9.17) is 4.74 Å². The number of para-hydroxylation sites is 1. The summed E-state index contributed by atoms with van der Waals surface area (Å²) in [7, 11) is 1.63. The highest BCUT2D eigenvalue weighted by Crippen LogP contribution is 2.25. The molecule has 2 saturated heterocycles. The third-order valence-corrected chi connectivity index (χ3v) is 5.28. The average Bonchev–Trinajstić information content (AvgIpc) is 2.69. The highest BCUT2D eigenvalue weighted by molar-refractivity contribution is 5.92. The first-order valence-electron chi connectivity index (χ1n) is 9.25. The molecule has 2 fully saturated rings. The van der Waals surface area contributed by atoms with Crippen LogP contribution in [0.5, 0.6) is 0 Å². The lowest BCUT2D eigenvalue weighted by atomic mass is 9.90. The molecule has 2 aliphatic rings. The summed E-state index contributed by atoms with van der Waals surface area (Å²) < 4.78 is 5.64. The Morgan fingerprint density at radius 2 is 1.68 bits per heavy atom. The Morgan fingerprint density at radius 1 is 1.07 bits per heavy atom. The van der Waals surface area contributed by atoms with Gasteiger partial charge in [0.25, 0.3) is 5.91 Å². The Bertz CT molecular complexity index is 619. The maximum absolute atomic E-state index is 13.0. The van der Waals surface area contributed by atoms with Gasteiger partial charge in [0.05, 0.1) is 6.54 Å². The fourth-order valence-corrected chi connectivity index (χ4v) is 3.66. The van der Waals surface area contributed by atoms with Crippen molar-refractivity contribution in [2.24, 2.45) is 0 Å². The molecular weight excluding hydrogens is 403 g/mol. The number of carbonyl (C=O) groups is 2. The van der Waals surface area contributed by atoms with Crippen LogP contribution in [0.25, 0.3) is 0 Å². The van der Waals surface area contributed by atoms with Crippen LogP contribution in [0, 0.1) is 0 Å². The van der Waals surface area contributed by atoms with Gasteiger partial charge < -0.3 is 20.3 Å². The summed E-state index contributed by atoms with van der Waals surface area (Å²) in [6.45, 7) is 4.62. The molecule has 7 nitrogen and oxygen atoms in total. The number of carbonyl (C=O) groups excluding carboxylic acids is 2. The van der Waals surface area contributed by atoms with E-state index in [1.54, 1.807) is 7.11 Å². The van der Waals surface area contributed by atoms with Crippen molar-refractivity contribution in [1.29, 1.82) is 0 Å². The van der Waals surface area contributed by atoms with Crippen molar-refractivity contribution in [2.45, 2.75) is 18.4 Å². The Hall–Kier alpha value is -1.38. The standard InChI is InChI=1S/C19H28N4O3.2ClH/c1-26-19(7-9-20-10-8-19)18(25)23-13-11-22(12-14-23)15-17(24)21-16-5-3-2-4-6-16;;/h2-6,20H,7-15H2,1H3,(H,21,24);2*1H. The first-order valence-corrected chi connectivity index (χ1v) is 9.25. The van der Waals surface area contributed by atoms with Crippen molar-refractivity contribution in [3.63, 3.8) is 0 Å². The molecule has 0 aromatic heterocycles. The van der Waals surface area contributed by atoms with Crippen molar-refractivity contribution >= 4 is 42.3 Å². The molecule has 2 N–H and O–H groups in total. The number of piperidine rings is 1. The van der Waals surface area contributed by atoms with E-state index in [-0.39, 0.29) is 36.6 Å². The first-order chi connectivity index (χ1) is 12.6. The zero-order chi connectivity index (χ0) is 18.4. The quantitative estimate of drug-likeness (QED) is 0.734. The van der Waals surface area contributed by atoms with Crippen LogP contribution in [0.2, 0.25) is 0 Å². The van der Waals surface area contributed by atoms with E-state index in [1.807, 2.05) is 35.2 Å². The topological polar surface area (TPSA) is 73.9 Å². The first kappa shape index (κ1) is 24.7. The summed E-state index contributed by atoms with van der Waals surface area (Å²) in [6, 6.07) is 9.45. The number of hydrogen-bond donors (Lipinski definition) is 2. The molecule has 1 aromatic rings. The number of hydrogen-bond acceptors (Lipinski definition) is 5. The lowest BCUT2D eigenvalue weighted by Crippen LogP contribution is -2.59. The van der Waals surface area contributed by atoms with Gasteiger partial charge in [0.1, 0.15) is 5.60 Å². The summed E-state index contributed by atoms with van der Waals surface area (Å²) in [4.78, 5) is 29.1. The summed E-state index contributed by atoms with van der Waals surface area (Å²) >= 11 is 0. The van der Waals surface area contributed by atoms with E-state index in [1.165, 1.54) is 0 Å². The molecule has 0 atom stereocenters. The minimum absolute atomic E-state index is 0. The molecule has 2 heterocycles. The van der Waals surface area contributed by atoms with Crippen LogP contribution in [0.1, 0.15) is 12.8 Å². The SMILES string of the molecule is COC1(C(=O)N2CCN(CC(=O)Nc3ccccc3)CC2)CCNCC1.Cl.Cl. The normalized spacial score (nSPS) is 19.1. The number of nitrogens with one attached hydrogen (secondary N) is 2. The van der Waals surface area contributed by atoms with Crippen molar-refractivity contribution in [2.75, 3.05) is 58.2 Å². The second-order valence-electron chi connectivity index (χ2n) is 6.93. The van der Waals surface area contributed by atoms with Gasteiger partial charge in [0.15, 0.2) is 0 Å². The number of halogens is 2. The van der Waals surface area contributed by atoms with Crippen LogP contribution < -0.4 is 10.6 Å². The maximum atomic E-state index is 13.0. The number of ether oxygens (including phenoxy) is 1. The summed E-state index contributed by atoms with van der Waals surface area (Å²) in [5.74, 6) is 0.0672. The van der Waals surface area contributed by atoms with Crippen LogP contribution in [0.3, 0.4) is 0 Å². The van der Waals surface area contributed by atoms with Crippen LogP contribution in [0.4, 0.5) is 5.69 Å². The summed E-state index contributed by atoms with van der Waals surface area (Å²) in [6.07, 6.45) is 1.42. The molecule has 2 aliphatic heterocycles. The fourth-order valence-electron chi connectivity index (χ4n) is 3.66. The predicted molar refractivity (Wildman–Crippen MR) is 114 cm³/mol. The van der Waals surface area contributed by atoms with Gasteiger partial charge in [-0.05, 0) is 38.1 Å². The fraction of sp³-hybridized carbons (Fsp3) is 0.579. The van der Waals surface area contributed by atoms with Gasteiger partial charge in [-0.2, -0.15) is 0 Å².